The van der Waals surface area contributed by atoms with Crippen LogP contribution in [0.3, 0.4) is 0 Å². The van der Waals surface area contributed by atoms with Crippen molar-refractivity contribution >= 4 is 5.97 Å². The molecular weight excluding hydrogens is 366 g/mol. The molecule has 5 heteroatoms. The molecule has 0 aliphatic rings. The molecule has 0 saturated carbocycles. The van der Waals surface area contributed by atoms with E-state index in [1.807, 2.05) is 0 Å². The Morgan fingerprint density at radius 3 is 1.52 bits per heavy atom. The molecule has 5 nitrogen and oxygen atoms in total. The Labute approximate surface area is 179 Å². The van der Waals surface area contributed by atoms with Gasteiger partial charge in [0.25, 0.3) is 0 Å². The summed E-state index contributed by atoms with van der Waals surface area (Å²) in [7, 11) is 0. The van der Waals surface area contributed by atoms with Gasteiger partial charge in [-0.2, -0.15) is 0 Å². The van der Waals surface area contributed by atoms with E-state index >= 15 is 0 Å². The van der Waals surface area contributed by atoms with Gasteiger partial charge < -0.3 is 15.3 Å². The number of carboxylic acid groups (broad SMARTS) is 1. The van der Waals surface area contributed by atoms with E-state index in [1.165, 1.54) is 51.4 Å². The Morgan fingerprint density at radius 2 is 1.10 bits per heavy atom. The number of hydrogen-bond donors (Lipinski definition) is 3. The summed E-state index contributed by atoms with van der Waals surface area (Å²) in [6.45, 7) is 6.10. The molecule has 0 aromatic rings. The van der Waals surface area contributed by atoms with Crippen LogP contribution in [0.15, 0.2) is 0 Å². The van der Waals surface area contributed by atoms with E-state index in [0.29, 0.717) is 26.1 Å². The Bertz CT molecular complexity index is 341. The maximum absolute atomic E-state index is 10.8. The standard InChI is InChI=1S/C24H49NO4/c1-3-5-7-9-11-13-16-22(26)20-25(19-15-18-24(28)29)21-23(27)17-14-12-10-8-6-4-2/h22-23,26-27H,3-21H2,1-2H3,(H,28,29). The van der Waals surface area contributed by atoms with E-state index < -0.39 is 18.2 Å². The van der Waals surface area contributed by atoms with E-state index in [0.717, 1.165) is 38.5 Å². The summed E-state index contributed by atoms with van der Waals surface area (Å²) in [6.07, 6.45) is 16.0. The van der Waals surface area contributed by atoms with E-state index in [-0.39, 0.29) is 6.42 Å². The number of aliphatic hydroxyl groups is 2. The Kier molecular flexibility index (Phi) is 20.2. The number of nitrogens with zero attached hydrogens (tertiary/aromatic N) is 1. The summed E-state index contributed by atoms with van der Waals surface area (Å²) in [5.74, 6) is -0.787. The van der Waals surface area contributed by atoms with E-state index in [4.69, 9.17) is 5.11 Å². The predicted molar refractivity (Wildman–Crippen MR) is 121 cm³/mol. The number of hydrogen-bond acceptors (Lipinski definition) is 4. The topological polar surface area (TPSA) is 81.0 Å². The lowest BCUT2D eigenvalue weighted by atomic mass is 10.1. The van der Waals surface area contributed by atoms with Crippen molar-refractivity contribution in [3.05, 3.63) is 0 Å². The van der Waals surface area contributed by atoms with Gasteiger partial charge in [-0.25, -0.2) is 0 Å². The van der Waals surface area contributed by atoms with E-state index in [1.54, 1.807) is 0 Å². The highest BCUT2D eigenvalue weighted by molar-refractivity contribution is 5.66. The molecular formula is C24H49NO4. The predicted octanol–water partition coefficient (Wildman–Crippen LogP) is 5.38. The summed E-state index contributed by atoms with van der Waals surface area (Å²) < 4.78 is 0. The van der Waals surface area contributed by atoms with Crippen molar-refractivity contribution in [2.24, 2.45) is 0 Å². The molecule has 0 fully saturated rings. The SMILES string of the molecule is CCCCCCCCC(O)CN(CCCC(=O)O)CC(O)CCCCCCCC. The van der Waals surface area contributed by atoms with Gasteiger partial charge in [0.1, 0.15) is 0 Å². The molecule has 0 saturated heterocycles. The normalized spacial score (nSPS) is 13.7. The van der Waals surface area contributed by atoms with Crippen molar-refractivity contribution < 1.29 is 20.1 Å². The van der Waals surface area contributed by atoms with Gasteiger partial charge in [0.15, 0.2) is 0 Å². The van der Waals surface area contributed by atoms with Gasteiger partial charge in [-0.3, -0.25) is 9.69 Å². The van der Waals surface area contributed by atoms with Gasteiger partial charge >= 0.3 is 5.97 Å². The van der Waals surface area contributed by atoms with Crippen LogP contribution in [0.2, 0.25) is 0 Å². The maximum atomic E-state index is 10.8. The summed E-state index contributed by atoms with van der Waals surface area (Å²) in [5, 5.41) is 29.7. The molecule has 0 spiro atoms. The van der Waals surface area contributed by atoms with Crippen molar-refractivity contribution in [1.82, 2.24) is 4.90 Å². The van der Waals surface area contributed by atoms with Gasteiger partial charge in [0.2, 0.25) is 0 Å². The fraction of sp³-hybridized carbons (Fsp3) is 0.958. The van der Waals surface area contributed by atoms with Crippen molar-refractivity contribution in [2.45, 2.75) is 129 Å². The zero-order valence-corrected chi connectivity index (χ0v) is 19.3. The number of carboxylic acids is 1. The average molecular weight is 416 g/mol. The molecule has 174 valence electrons. The second kappa shape index (κ2) is 20.6. The molecule has 3 N–H and O–H groups in total. The Balaban J connectivity index is 4.15. The second-order valence-electron chi connectivity index (χ2n) is 8.68. The fourth-order valence-electron chi connectivity index (χ4n) is 3.81. The Hall–Kier alpha value is -0.650. The molecule has 0 radical (unpaired) electrons. The highest BCUT2D eigenvalue weighted by Gasteiger charge is 2.16. The van der Waals surface area contributed by atoms with Crippen LogP contribution in [0, 0.1) is 0 Å². The van der Waals surface area contributed by atoms with E-state index in [2.05, 4.69) is 18.7 Å². The third-order valence-electron chi connectivity index (χ3n) is 5.58. The smallest absolute Gasteiger partial charge is 0.303 e. The first-order valence-electron chi connectivity index (χ1n) is 12.3. The molecule has 0 heterocycles. The summed E-state index contributed by atoms with van der Waals surface area (Å²) in [6, 6.07) is 0. The van der Waals surface area contributed by atoms with Crippen molar-refractivity contribution in [3.63, 3.8) is 0 Å². The molecule has 0 rings (SSSR count). The quantitative estimate of drug-likeness (QED) is 0.207. The number of carbonyl (C=O) groups is 1. The minimum absolute atomic E-state index is 0.136. The number of unbranched alkanes of at least 4 members (excludes halogenated alkanes) is 10. The average Bonchev–Trinajstić information content (AvgIpc) is 2.67. The first kappa shape index (κ1) is 28.4. The lowest BCUT2D eigenvalue weighted by molar-refractivity contribution is -0.137. The molecule has 2 atom stereocenters. The minimum Gasteiger partial charge on any atom is -0.481 e. The molecule has 29 heavy (non-hydrogen) atoms. The van der Waals surface area contributed by atoms with Crippen molar-refractivity contribution in [1.29, 1.82) is 0 Å². The zero-order chi connectivity index (χ0) is 21.7. The van der Waals surface area contributed by atoms with Crippen LogP contribution in [-0.4, -0.2) is 58.0 Å². The molecule has 2 unspecified atom stereocenters. The van der Waals surface area contributed by atoms with Crippen LogP contribution in [0.1, 0.15) is 117 Å². The summed E-state index contributed by atoms with van der Waals surface area (Å²) >= 11 is 0. The largest absolute Gasteiger partial charge is 0.481 e. The Morgan fingerprint density at radius 1 is 0.690 bits per heavy atom. The minimum atomic E-state index is -0.787. The highest BCUT2D eigenvalue weighted by Crippen LogP contribution is 2.12. The third-order valence-corrected chi connectivity index (χ3v) is 5.58. The number of aliphatic carboxylic acids is 1. The molecule has 0 aliphatic carbocycles. The molecule has 0 aromatic carbocycles. The highest BCUT2D eigenvalue weighted by atomic mass is 16.4. The van der Waals surface area contributed by atoms with Gasteiger partial charge in [0.05, 0.1) is 12.2 Å². The van der Waals surface area contributed by atoms with Crippen LogP contribution in [0.4, 0.5) is 0 Å². The lowest BCUT2D eigenvalue weighted by Crippen LogP contribution is -2.38. The van der Waals surface area contributed by atoms with E-state index in [9.17, 15) is 15.0 Å². The van der Waals surface area contributed by atoms with Crippen LogP contribution >= 0.6 is 0 Å². The van der Waals surface area contributed by atoms with Crippen molar-refractivity contribution in [2.75, 3.05) is 19.6 Å². The monoisotopic (exact) mass is 415 g/mol. The van der Waals surface area contributed by atoms with Crippen molar-refractivity contribution in [3.8, 4) is 0 Å². The van der Waals surface area contributed by atoms with Crippen LogP contribution in [-0.2, 0) is 4.79 Å². The molecule has 0 bridgehead atoms. The summed E-state index contributed by atoms with van der Waals surface area (Å²) in [4.78, 5) is 12.9. The summed E-state index contributed by atoms with van der Waals surface area (Å²) in [5.41, 5.74) is 0. The third kappa shape index (κ3) is 20.4. The van der Waals surface area contributed by atoms with Gasteiger partial charge in [-0.15, -0.1) is 0 Å². The first-order valence-corrected chi connectivity index (χ1v) is 12.3. The molecule has 0 amide bonds. The van der Waals surface area contributed by atoms with Gasteiger partial charge in [-0.1, -0.05) is 90.9 Å². The zero-order valence-electron chi connectivity index (χ0n) is 19.3. The van der Waals surface area contributed by atoms with Crippen LogP contribution < -0.4 is 0 Å². The molecule has 0 aromatic heterocycles. The first-order chi connectivity index (χ1) is 14.0. The molecule has 0 aliphatic heterocycles. The maximum Gasteiger partial charge on any atom is 0.303 e. The van der Waals surface area contributed by atoms with Crippen LogP contribution in [0.25, 0.3) is 0 Å². The number of rotatable bonds is 22. The fourth-order valence-corrected chi connectivity index (χ4v) is 3.81. The second-order valence-corrected chi connectivity index (χ2v) is 8.68. The van der Waals surface area contributed by atoms with Crippen LogP contribution in [0.5, 0.6) is 0 Å². The number of aliphatic hydroxyl groups excluding tert-OH is 2. The van der Waals surface area contributed by atoms with Gasteiger partial charge in [-0.05, 0) is 25.8 Å². The van der Waals surface area contributed by atoms with Gasteiger partial charge in [0, 0.05) is 19.5 Å². The lowest BCUT2D eigenvalue weighted by Gasteiger charge is -2.27.